The number of pyridine rings is 1. The fourth-order valence-corrected chi connectivity index (χ4v) is 5.75. The summed E-state index contributed by atoms with van der Waals surface area (Å²) in [6.07, 6.45) is -9.22. The summed E-state index contributed by atoms with van der Waals surface area (Å²) in [6.45, 7) is -0.897. The number of amides is 2. The summed E-state index contributed by atoms with van der Waals surface area (Å²) in [4.78, 5) is 28.3. The summed E-state index contributed by atoms with van der Waals surface area (Å²) < 4.78 is 83.7. The van der Waals surface area contributed by atoms with E-state index in [0.717, 1.165) is 0 Å². The Morgan fingerprint density at radius 1 is 1.25 bits per heavy atom. The number of primary amides is 1. The molecule has 2 amide bonds. The zero-order chi connectivity index (χ0) is 29.7. The van der Waals surface area contributed by atoms with Gasteiger partial charge >= 0.3 is 22.5 Å². The third kappa shape index (κ3) is 7.31. The number of aromatic nitrogens is 1. The van der Waals surface area contributed by atoms with E-state index in [4.69, 9.17) is 31.5 Å². The molecule has 3 N–H and O–H groups in total. The first-order valence-electron chi connectivity index (χ1n) is 11.6. The third-order valence-electron chi connectivity index (χ3n) is 5.90. The van der Waals surface area contributed by atoms with E-state index in [1.807, 2.05) is 0 Å². The van der Waals surface area contributed by atoms with Gasteiger partial charge in [-0.15, -0.1) is 4.31 Å². The molecule has 0 spiro atoms. The Morgan fingerprint density at radius 3 is 2.48 bits per heavy atom. The first kappa shape index (κ1) is 31.3. The highest BCUT2D eigenvalue weighted by molar-refractivity contribution is 7.87. The van der Waals surface area contributed by atoms with Crippen LogP contribution in [0.3, 0.4) is 0 Å². The molecule has 2 heterocycles. The smallest absolute Gasteiger partial charge is 0.422 e. The minimum Gasteiger partial charge on any atom is -0.464 e. The number of nitrogens with two attached hydrogens (primary N) is 1. The zero-order valence-corrected chi connectivity index (χ0v) is 22.5. The minimum absolute atomic E-state index is 0.0149. The number of rotatable bonds is 11. The van der Waals surface area contributed by atoms with Crippen LogP contribution in [0.1, 0.15) is 17.5 Å². The summed E-state index contributed by atoms with van der Waals surface area (Å²) in [7, 11) is -3.54. The van der Waals surface area contributed by atoms with Gasteiger partial charge in [0.15, 0.2) is 6.23 Å². The van der Waals surface area contributed by atoms with Crippen molar-refractivity contribution >= 4 is 33.8 Å². The van der Waals surface area contributed by atoms with Crippen molar-refractivity contribution in [2.75, 3.05) is 26.9 Å². The van der Waals surface area contributed by atoms with Gasteiger partial charge in [-0.05, 0) is 18.1 Å². The molecule has 1 aromatic carbocycles. The van der Waals surface area contributed by atoms with E-state index < -0.39 is 76.2 Å². The monoisotopic (exact) mass is 610 g/mol. The van der Waals surface area contributed by atoms with E-state index in [1.165, 1.54) is 19.2 Å². The highest BCUT2D eigenvalue weighted by Gasteiger charge is 2.51. The van der Waals surface area contributed by atoms with Gasteiger partial charge in [-0.25, -0.2) is 9.78 Å². The lowest BCUT2D eigenvalue weighted by Gasteiger charge is -2.43. The number of ether oxygens (including phenoxy) is 3. The van der Waals surface area contributed by atoms with Crippen LogP contribution in [-0.4, -0.2) is 78.3 Å². The van der Waals surface area contributed by atoms with Crippen molar-refractivity contribution in [3.05, 3.63) is 58.7 Å². The highest BCUT2D eigenvalue weighted by Crippen LogP contribution is 2.36. The van der Waals surface area contributed by atoms with E-state index >= 15 is 0 Å². The van der Waals surface area contributed by atoms with Gasteiger partial charge in [0, 0.05) is 19.9 Å². The van der Waals surface area contributed by atoms with Gasteiger partial charge in [0.05, 0.1) is 31.4 Å². The van der Waals surface area contributed by atoms with E-state index in [9.17, 15) is 36.3 Å². The molecule has 220 valence electrons. The Bertz CT molecular complexity index is 1300. The molecule has 2 aromatic rings. The summed E-state index contributed by atoms with van der Waals surface area (Å²) >= 11 is 5.98. The molecule has 1 aromatic heterocycles. The van der Waals surface area contributed by atoms with E-state index in [2.05, 4.69) is 4.98 Å². The lowest BCUT2D eigenvalue weighted by molar-refractivity contribution is -0.146. The largest absolute Gasteiger partial charge is 0.464 e. The van der Waals surface area contributed by atoms with Gasteiger partial charge in [0.25, 0.3) is 0 Å². The number of halogens is 4. The van der Waals surface area contributed by atoms with Crippen LogP contribution in [0.2, 0.25) is 5.02 Å². The van der Waals surface area contributed by atoms with Gasteiger partial charge in [-0.1, -0.05) is 41.9 Å². The van der Waals surface area contributed by atoms with Gasteiger partial charge in [-0.3, -0.25) is 4.79 Å². The van der Waals surface area contributed by atoms with Gasteiger partial charge < -0.3 is 25.1 Å². The number of carbonyl (C=O) groups is 2. The second-order valence-corrected chi connectivity index (χ2v) is 10.7. The Hall–Kier alpha value is -3.18. The van der Waals surface area contributed by atoms with Crippen molar-refractivity contribution in [2.45, 2.75) is 31.5 Å². The van der Waals surface area contributed by atoms with Gasteiger partial charge in [-0.2, -0.15) is 25.9 Å². The molecule has 0 aliphatic carbocycles. The summed E-state index contributed by atoms with van der Waals surface area (Å²) in [6, 6.07) is 8.34. The van der Waals surface area contributed by atoms with Crippen molar-refractivity contribution in [1.82, 2.24) is 13.6 Å². The fourth-order valence-electron chi connectivity index (χ4n) is 4.00. The molecule has 1 aliphatic rings. The van der Waals surface area contributed by atoms with Crippen molar-refractivity contribution in [3.8, 4) is 5.88 Å². The van der Waals surface area contributed by atoms with Crippen LogP contribution in [0.25, 0.3) is 0 Å². The third-order valence-corrected chi connectivity index (χ3v) is 7.99. The van der Waals surface area contributed by atoms with Crippen LogP contribution < -0.4 is 10.5 Å². The fraction of sp³-hybridized carbons (Fsp3) is 0.435. The van der Waals surface area contributed by atoms with Crippen molar-refractivity contribution in [3.63, 3.8) is 0 Å². The van der Waals surface area contributed by atoms with Crippen LogP contribution in [-0.2, 0) is 37.2 Å². The normalized spacial score (nSPS) is 20.2. The number of piperidine rings is 1. The number of hydrogen-bond acceptors (Lipinski definition) is 8. The predicted molar refractivity (Wildman–Crippen MR) is 133 cm³/mol. The summed E-state index contributed by atoms with van der Waals surface area (Å²) in [5.41, 5.74) is 4.74. The number of alkyl halides is 3. The molecule has 1 aliphatic heterocycles. The molecule has 0 radical (unpaired) electrons. The minimum atomic E-state index is -4.95. The number of nitrogens with zero attached hydrogens (tertiary/aromatic N) is 3. The van der Waals surface area contributed by atoms with E-state index in [1.54, 1.807) is 18.2 Å². The quantitative estimate of drug-likeness (QED) is 0.364. The maximum Gasteiger partial charge on any atom is 0.422 e. The Kier molecular flexibility index (Phi) is 10.2. The SMILES string of the molecule is COCCOC1CCN(S(=O)(=O)N(Cc2ccccc2)C(=O)O)C(Oc2ncc(C(F)(F)F)cc2Cl)C1C(N)=O. The van der Waals surface area contributed by atoms with Crippen molar-refractivity contribution in [1.29, 1.82) is 0 Å². The molecular weight excluding hydrogens is 585 g/mol. The van der Waals surface area contributed by atoms with Crippen LogP contribution in [0.5, 0.6) is 5.88 Å². The molecule has 17 heteroatoms. The maximum absolute atomic E-state index is 13.7. The summed E-state index contributed by atoms with van der Waals surface area (Å²) in [5.74, 6) is -3.28. The second kappa shape index (κ2) is 13.0. The lowest BCUT2D eigenvalue weighted by Crippen LogP contribution is -2.62. The number of methoxy groups -OCH3 is 1. The van der Waals surface area contributed by atoms with Crippen LogP contribution >= 0.6 is 11.6 Å². The molecule has 3 atom stereocenters. The van der Waals surface area contributed by atoms with Crippen molar-refractivity contribution < 1.29 is 50.5 Å². The number of carboxylic acid groups (broad SMARTS) is 1. The first-order valence-corrected chi connectivity index (χ1v) is 13.4. The molecule has 3 rings (SSSR count). The standard InChI is InChI=1S/C23H26ClF3N4O8S/c1-37-9-10-38-17-7-8-30(40(35,36)31(22(33)34)13-14-5-3-2-4-6-14)21(18(17)19(28)32)39-20-16(24)11-15(12-29-20)23(25,26)27/h2-6,11-12,17-18,21H,7-10,13H2,1H3,(H2,28,32)(H,33,34). The molecule has 40 heavy (non-hydrogen) atoms. The second-order valence-electron chi connectivity index (χ2n) is 8.53. The Morgan fingerprint density at radius 2 is 1.93 bits per heavy atom. The lowest BCUT2D eigenvalue weighted by atomic mass is 9.93. The maximum atomic E-state index is 13.7. The number of carbonyl (C=O) groups excluding carboxylic acids is 1. The Balaban J connectivity index is 2.06. The molecule has 3 unspecified atom stereocenters. The molecule has 1 fully saturated rings. The van der Waals surface area contributed by atoms with Gasteiger partial charge in [0.2, 0.25) is 11.8 Å². The zero-order valence-electron chi connectivity index (χ0n) is 21.0. The average molecular weight is 611 g/mol. The molecule has 1 saturated heterocycles. The van der Waals surface area contributed by atoms with Crippen molar-refractivity contribution in [2.24, 2.45) is 11.7 Å². The molecule has 0 saturated carbocycles. The van der Waals surface area contributed by atoms with Crippen LogP contribution in [0.15, 0.2) is 42.6 Å². The molecule has 12 nitrogen and oxygen atoms in total. The molecule has 0 bridgehead atoms. The molecular formula is C23H26ClF3N4O8S. The average Bonchev–Trinajstić information content (AvgIpc) is 2.88. The number of hydrogen-bond donors (Lipinski definition) is 2. The highest BCUT2D eigenvalue weighted by atomic mass is 35.5. The first-order chi connectivity index (χ1) is 18.8. The predicted octanol–water partition coefficient (Wildman–Crippen LogP) is 2.72. The van der Waals surface area contributed by atoms with E-state index in [0.29, 0.717) is 22.1 Å². The number of benzene rings is 1. The Labute approximate surface area is 232 Å². The summed E-state index contributed by atoms with van der Waals surface area (Å²) in [5, 5.41) is 9.17. The van der Waals surface area contributed by atoms with Gasteiger partial charge in [0.1, 0.15) is 10.9 Å². The van der Waals surface area contributed by atoms with Crippen LogP contribution in [0.4, 0.5) is 18.0 Å². The van der Waals surface area contributed by atoms with Crippen LogP contribution in [0, 0.1) is 5.92 Å². The topological polar surface area (TPSA) is 162 Å². The van der Waals surface area contributed by atoms with E-state index in [-0.39, 0.29) is 23.9 Å².